The van der Waals surface area contributed by atoms with E-state index in [0.717, 1.165) is 29.1 Å². The number of aliphatic imine (C=N–C) groups is 1. The number of aromatic nitrogens is 3. The number of hydrogen-bond acceptors (Lipinski definition) is 5. The van der Waals surface area contributed by atoms with E-state index in [-0.39, 0.29) is 0 Å². The standard InChI is InChI=1S/C17H21N5O/c1-5-19-15(16-11-21-17(22-16)20-6-2)7-12(3)13-8-14(23-4)10-18-9-13/h5,7-11H,3,6H2,1-2,4H3,(H2,20,21,22)/b15-7-,19-5?. The third-order valence-corrected chi connectivity index (χ3v) is 3.09. The molecule has 2 rings (SSSR count). The van der Waals surface area contributed by atoms with Crippen LogP contribution in [0.15, 0.2) is 42.3 Å². The molecule has 2 N–H and O–H groups in total. The van der Waals surface area contributed by atoms with E-state index in [0.29, 0.717) is 11.7 Å². The summed E-state index contributed by atoms with van der Waals surface area (Å²) in [7, 11) is 1.61. The van der Waals surface area contributed by atoms with Gasteiger partial charge in [-0.05, 0) is 31.6 Å². The van der Waals surface area contributed by atoms with E-state index in [1.807, 2.05) is 26.0 Å². The van der Waals surface area contributed by atoms with Crippen molar-refractivity contribution in [3.05, 3.63) is 48.6 Å². The van der Waals surface area contributed by atoms with E-state index in [1.165, 1.54) is 0 Å². The molecule has 0 unspecified atom stereocenters. The maximum Gasteiger partial charge on any atom is 0.200 e. The lowest BCUT2D eigenvalue weighted by Gasteiger charge is -2.05. The van der Waals surface area contributed by atoms with Gasteiger partial charge in [-0.25, -0.2) is 4.98 Å². The highest BCUT2D eigenvalue weighted by molar-refractivity contribution is 5.84. The predicted molar refractivity (Wildman–Crippen MR) is 94.7 cm³/mol. The van der Waals surface area contributed by atoms with Gasteiger partial charge in [0.15, 0.2) is 0 Å². The molecule has 0 aliphatic rings. The Balaban J connectivity index is 2.31. The highest BCUT2D eigenvalue weighted by Gasteiger charge is 2.07. The van der Waals surface area contributed by atoms with Crippen molar-refractivity contribution in [2.24, 2.45) is 4.99 Å². The fraction of sp³-hybridized carbons (Fsp3) is 0.235. The lowest BCUT2D eigenvalue weighted by atomic mass is 10.1. The number of H-pyrrole nitrogens is 1. The van der Waals surface area contributed by atoms with Crippen LogP contribution in [0.4, 0.5) is 5.95 Å². The molecule has 2 aromatic rings. The quantitative estimate of drug-likeness (QED) is 0.607. The zero-order valence-electron chi connectivity index (χ0n) is 13.6. The number of aromatic amines is 1. The second kappa shape index (κ2) is 7.93. The molecule has 0 aliphatic heterocycles. The van der Waals surface area contributed by atoms with Crippen molar-refractivity contribution >= 4 is 23.4 Å². The van der Waals surface area contributed by atoms with Crippen LogP contribution < -0.4 is 10.1 Å². The van der Waals surface area contributed by atoms with E-state index in [1.54, 1.807) is 31.9 Å². The van der Waals surface area contributed by atoms with Gasteiger partial charge in [-0.3, -0.25) is 9.98 Å². The van der Waals surface area contributed by atoms with Gasteiger partial charge in [0, 0.05) is 24.5 Å². The molecule has 120 valence electrons. The van der Waals surface area contributed by atoms with E-state index in [9.17, 15) is 0 Å². The molecular weight excluding hydrogens is 290 g/mol. The number of allylic oxidation sites excluding steroid dienone is 2. The van der Waals surface area contributed by atoms with E-state index < -0.39 is 0 Å². The van der Waals surface area contributed by atoms with Crippen LogP contribution in [-0.4, -0.2) is 34.8 Å². The summed E-state index contributed by atoms with van der Waals surface area (Å²) in [6, 6.07) is 1.89. The summed E-state index contributed by atoms with van der Waals surface area (Å²) in [5.41, 5.74) is 3.23. The van der Waals surface area contributed by atoms with Gasteiger partial charge in [0.2, 0.25) is 5.95 Å². The van der Waals surface area contributed by atoms with Gasteiger partial charge < -0.3 is 15.0 Å². The summed E-state index contributed by atoms with van der Waals surface area (Å²) in [5.74, 6) is 1.40. The minimum Gasteiger partial charge on any atom is -0.495 e. The zero-order chi connectivity index (χ0) is 16.7. The summed E-state index contributed by atoms with van der Waals surface area (Å²) in [6.07, 6.45) is 8.76. The monoisotopic (exact) mass is 311 g/mol. The summed E-state index contributed by atoms with van der Waals surface area (Å²) in [5, 5.41) is 3.13. The second-order valence-electron chi connectivity index (χ2n) is 4.73. The van der Waals surface area contributed by atoms with Crippen molar-refractivity contribution < 1.29 is 4.74 Å². The van der Waals surface area contributed by atoms with E-state index in [4.69, 9.17) is 4.74 Å². The molecule has 0 amide bonds. The highest BCUT2D eigenvalue weighted by Crippen LogP contribution is 2.23. The first-order valence-electron chi connectivity index (χ1n) is 7.35. The largest absolute Gasteiger partial charge is 0.495 e. The van der Waals surface area contributed by atoms with Gasteiger partial charge in [0.25, 0.3) is 0 Å². The van der Waals surface area contributed by atoms with Crippen molar-refractivity contribution in [3.8, 4) is 5.75 Å². The van der Waals surface area contributed by atoms with Crippen LogP contribution >= 0.6 is 0 Å². The van der Waals surface area contributed by atoms with Gasteiger partial charge in [-0.15, -0.1) is 0 Å². The third kappa shape index (κ3) is 4.29. The minimum absolute atomic E-state index is 0.688. The Hall–Kier alpha value is -2.89. The van der Waals surface area contributed by atoms with Crippen LogP contribution in [0.1, 0.15) is 25.1 Å². The summed E-state index contributed by atoms with van der Waals surface area (Å²) < 4.78 is 5.19. The van der Waals surface area contributed by atoms with Crippen LogP contribution in [-0.2, 0) is 0 Å². The number of nitrogens with zero attached hydrogens (tertiary/aromatic N) is 3. The zero-order valence-corrected chi connectivity index (χ0v) is 13.6. The van der Waals surface area contributed by atoms with Gasteiger partial charge in [-0.1, -0.05) is 6.58 Å². The molecule has 0 atom stereocenters. The summed E-state index contributed by atoms with van der Waals surface area (Å²) in [6.45, 7) is 8.77. The Morgan fingerprint density at radius 3 is 2.96 bits per heavy atom. The Kier molecular flexibility index (Phi) is 5.68. The fourth-order valence-electron chi connectivity index (χ4n) is 1.99. The summed E-state index contributed by atoms with van der Waals surface area (Å²) in [4.78, 5) is 16.0. The lowest BCUT2D eigenvalue weighted by molar-refractivity contribution is 0.413. The highest BCUT2D eigenvalue weighted by atomic mass is 16.5. The van der Waals surface area contributed by atoms with Crippen LogP contribution in [0, 0.1) is 0 Å². The maximum atomic E-state index is 5.19. The molecule has 23 heavy (non-hydrogen) atoms. The molecule has 0 spiro atoms. The Morgan fingerprint density at radius 2 is 2.26 bits per heavy atom. The lowest BCUT2D eigenvalue weighted by Crippen LogP contribution is -1.98. The topological polar surface area (TPSA) is 75.2 Å². The van der Waals surface area contributed by atoms with Gasteiger partial charge in [0.05, 0.1) is 30.9 Å². The van der Waals surface area contributed by atoms with Crippen molar-refractivity contribution in [2.45, 2.75) is 13.8 Å². The number of imidazole rings is 1. The first-order chi connectivity index (χ1) is 11.2. The van der Waals surface area contributed by atoms with Crippen molar-refractivity contribution in [1.82, 2.24) is 15.0 Å². The smallest absolute Gasteiger partial charge is 0.200 e. The molecule has 0 aliphatic carbocycles. The molecule has 2 heterocycles. The van der Waals surface area contributed by atoms with E-state index in [2.05, 4.69) is 31.8 Å². The molecule has 0 aromatic carbocycles. The Labute approximate surface area is 136 Å². The normalized spacial score (nSPS) is 11.7. The number of rotatable bonds is 7. The Morgan fingerprint density at radius 1 is 1.43 bits per heavy atom. The number of ether oxygens (including phenoxy) is 1. The Bertz CT molecular complexity index is 730. The van der Waals surface area contributed by atoms with Crippen molar-refractivity contribution in [3.63, 3.8) is 0 Å². The number of hydrogen-bond donors (Lipinski definition) is 2. The van der Waals surface area contributed by atoms with Crippen molar-refractivity contribution in [2.75, 3.05) is 19.0 Å². The molecular formula is C17H21N5O. The maximum absolute atomic E-state index is 5.19. The van der Waals surface area contributed by atoms with Crippen LogP contribution in [0.25, 0.3) is 11.3 Å². The molecule has 0 saturated carbocycles. The number of anilines is 1. The average molecular weight is 311 g/mol. The fourth-order valence-corrected chi connectivity index (χ4v) is 1.99. The molecule has 0 fully saturated rings. The van der Waals surface area contributed by atoms with Crippen molar-refractivity contribution in [1.29, 1.82) is 0 Å². The first kappa shape index (κ1) is 16.5. The first-order valence-corrected chi connectivity index (χ1v) is 7.35. The molecule has 2 aromatic heterocycles. The number of methoxy groups -OCH3 is 1. The van der Waals surface area contributed by atoms with Gasteiger partial charge >= 0.3 is 0 Å². The van der Waals surface area contributed by atoms with Gasteiger partial charge in [-0.2, -0.15) is 0 Å². The molecule has 6 heteroatoms. The average Bonchev–Trinajstić information content (AvgIpc) is 3.03. The molecule has 6 nitrogen and oxygen atoms in total. The number of nitrogens with one attached hydrogen (secondary N) is 2. The van der Waals surface area contributed by atoms with Crippen LogP contribution in [0.5, 0.6) is 5.75 Å². The minimum atomic E-state index is 0.688. The molecule has 0 radical (unpaired) electrons. The molecule has 0 saturated heterocycles. The second-order valence-corrected chi connectivity index (χ2v) is 4.73. The van der Waals surface area contributed by atoms with Gasteiger partial charge in [0.1, 0.15) is 5.75 Å². The predicted octanol–water partition coefficient (Wildman–Crippen LogP) is 3.39. The van der Waals surface area contributed by atoms with Crippen LogP contribution in [0.3, 0.4) is 0 Å². The SMILES string of the molecule is C=C(/C=C(\N=CC)c1cnc(NCC)[nH]1)c1cncc(OC)c1. The summed E-state index contributed by atoms with van der Waals surface area (Å²) >= 11 is 0. The third-order valence-electron chi connectivity index (χ3n) is 3.09. The number of pyridine rings is 1. The van der Waals surface area contributed by atoms with E-state index >= 15 is 0 Å². The van der Waals surface area contributed by atoms with Crippen LogP contribution in [0.2, 0.25) is 0 Å². The molecule has 0 bridgehead atoms.